The fourth-order valence-corrected chi connectivity index (χ4v) is 3.39. The molecule has 33 heavy (non-hydrogen) atoms. The molecule has 1 heterocycles. The van der Waals surface area contributed by atoms with Gasteiger partial charge in [-0.2, -0.15) is 0 Å². The van der Waals surface area contributed by atoms with E-state index in [0.717, 1.165) is 17.2 Å². The number of phenols is 3. The Morgan fingerprint density at radius 2 is 1.79 bits per heavy atom. The number of aliphatic hydroxyl groups excluding tert-OH is 2. The van der Waals surface area contributed by atoms with Crippen LogP contribution in [0.1, 0.15) is 23.6 Å². The Hall–Kier alpha value is -3.11. The lowest BCUT2D eigenvalue weighted by Gasteiger charge is -2.40. The van der Waals surface area contributed by atoms with E-state index in [1.165, 1.54) is 24.3 Å². The number of hydrogen-bond acceptors (Lipinski definition) is 9. The number of aliphatic hydroxyl groups is 2. The molecule has 2 aromatic carbocycles. The molecular formula is C24H28O9. The van der Waals surface area contributed by atoms with Crippen LogP contribution in [0.5, 0.6) is 17.2 Å². The van der Waals surface area contributed by atoms with Gasteiger partial charge >= 0.3 is 5.97 Å². The van der Waals surface area contributed by atoms with Crippen molar-refractivity contribution in [2.45, 2.75) is 51.0 Å². The molecular weight excluding hydrogens is 432 g/mol. The Balaban J connectivity index is 1.52. The molecule has 1 saturated heterocycles. The number of rotatable bonds is 7. The van der Waals surface area contributed by atoms with Gasteiger partial charge in [0.25, 0.3) is 0 Å². The van der Waals surface area contributed by atoms with Gasteiger partial charge < -0.3 is 39.7 Å². The van der Waals surface area contributed by atoms with E-state index in [1.807, 2.05) is 6.07 Å². The summed E-state index contributed by atoms with van der Waals surface area (Å²) in [6, 6.07) is 9.32. The maximum atomic E-state index is 12.2. The summed E-state index contributed by atoms with van der Waals surface area (Å²) in [6.45, 7) is 3.56. The summed E-state index contributed by atoms with van der Waals surface area (Å²) in [5, 5.41) is 49.4. The van der Waals surface area contributed by atoms with Gasteiger partial charge in [0.15, 0.2) is 23.9 Å². The van der Waals surface area contributed by atoms with Crippen molar-refractivity contribution < 1.29 is 44.5 Å². The topological polar surface area (TPSA) is 146 Å². The number of aryl methyl sites for hydroxylation is 1. The molecule has 0 aromatic heterocycles. The molecule has 178 valence electrons. The average Bonchev–Trinajstić information content (AvgIpc) is 2.78. The normalized spacial score (nSPS) is 25.3. The van der Waals surface area contributed by atoms with Crippen LogP contribution in [0.15, 0.2) is 42.5 Å². The molecule has 3 rings (SSSR count). The van der Waals surface area contributed by atoms with Crippen LogP contribution >= 0.6 is 0 Å². The van der Waals surface area contributed by atoms with E-state index in [9.17, 15) is 30.3 Å². The Kier molecular flexibility index (Phi) is 7.93. The molecule has 0 spiro atoms. The molecule has 0 aliphatic carbocycles. The maximum absolute atomic E-state index is 12.2. The summed E-state index contributed by atoms with van der Waals surface area (Å²) >= 11 is 0. The molecule has 5 unspecified atom stereocenters. The predicted octanol–water partition coefficient (Wildman–Crippen LogP) is 1.76. The van der Waals surface area contributed by atoms with E-state index in [-0.39, 0.29) is 23.9 Å². The number of ether oxygens (including phenoxy) is 3. The van der Waals surface area contributed by atoms with Crippen LogP contribution in [0.25, 0.3) is 6.08 Å². The summed E-state index contributed by atoms with van der Waals surface area (Å²) in [5.41, 5.74) is 2.06. The van der Waals surface area contributed by atoms with Gasteiger partial charge in [0.1, 0.15) is 18.0 Å². The molecule has 5 N–H and O–H groups in total. The SMILES string of the molecule is Cc1ccc(CCOC2OC(C)C(OC(=O)/C=C/c3ccc(O)c(O)c3)C(O)C2O)cc1O. The van der Waals surface area contributed by atoms with Crippen LogP contribution in [-0.4, -0.2) is 68.8 Å². The van der Waals surface area contributed by atoms with Crippen molar-refractivity contribution in [3.8, 4) is 17.2 Å². The van der Waals surface area contributed by atoms with Crippen molar-refractivity contribution in [3.05, 3.63) is 59.2 Å². The van der Waals surface area contributed by atoms with Crippen LogP contribution < -0.4 is 0 Å². The monoisotopic (exact) mass is 460 g/mol. The number of phenolic OH excluding ortho intramolecular Hbond substituents is 3. The van der Waals surface area contributed by atoms with Crippen molar-refractivity contribution in [1.82, 2.24) is 0 Å². The van der Waals surface area contributed by atoms with E-state index in [0.29, 0.717) is 12.0 Å². The molecule has 0 radical (unpaired) electrons. The van der Waals surface area contributed by atoms with Crippen molar-refractivity contribution in [2.24, 2.45) is 0 Å². The molecule has 9 nitrogen and oxygen atoms in total. The Bertz CT molecular complexity index is 1000. The van der Waals surface area contributed by atoms with Crippen molar-refractivity contribution in [1.29, 1.82) is 0 Å². The molecule has 0 saturated carbocycles. The van der Waals surface area contributed by atoms with Gasteiger partial charge in [-0.3, -0.25) is 0 Å². The molecule has 1 aliphatic heterocycles. The van der Waals surface area contributed by atoms with Crippen molar-refractivity contribution >= 4 is 12.0 Å². The summed E-state index contributed by atoms with van der Waals surface area (Å²) in [7, 11) is 0. The first-order valence-electron chi connectivity index (χ1n) is 10.5. The summed E-state index contributed by atoms with van der Waals surface area (Å²) in [6.07, 6.45) is -2.95. The summed E-state index contributed by atoms with van der Waals surface area (Å²) < 4.78 is 16.4. The Morgan fingerprint density at radius 1 is 1.03 bits per heavy atom. The largest absolute Gasteiger partial charge is 0.508 e. The third kappa shape index (κ3) is 6.23. The molecule has 0 bridgehead atoms. The number of benzene rings is 2. The number of carbonyl (C=O) groups excluding carboxylic acids is 1. The van der Waals surface area contributed by atoms with Gasteiger partial charge in [-0.15, -0.1) is 0 Å². The second-order valence-corrected chi connectivity index (χ2v) is 7.92. The minimum atomic E-state index is -1.44. The lowest BCUT2D eigenvalue weighted by molar-refractivity contribution is -0.294. The Labute approximate surface area is 191 Å². The molecule has 0 amide bonds. The zero-order valence-electron chi connectivity index (χ0n) is 18.3. The molecule has 1 aliphatic rings. The minimum Gasteiger partial charge on any atom is -0.508 e. The number of carbonyl (C=O) groups is 1. The quantitative estimate of drug-likeness (QED) is 0.237. The van der Waals surface area contributed by atoms with Crippen LogP contribution in [-0.2, 0) is 25.4 Å². The van der Waals surface area contributed by atoms with E-state index < -0.39 is 36.7 Å². The second-order valence-electron chi connectivity index (χ2n) is 7.92. The highest BCUT2D eigenvalue weighted by atomic mass is 16.7. The van der Waals surface area contributed by atoms with Crippen LogP contribution in [0.4, 0.5) is 0 Å². The van der Waals surface area contributed by atoms with E-state index in [4.69, 9.17) is 14.2 Å². The first kappa shape index (κ1) is 24.5. The maximum Gasteiger partial charge on any atom is 0.331 e. The average molecular weight is 460 g/mol. The fraction of sp³-hybridized carbons (Fsp3) is 0.375. The fourth-order valence-electron chi connectivity index (χ4n) is 3.39. The van der Waals surface area contributed by atoms with Gasteiger partial charge in [-0.25, -0.2) is 4.79 Å². The van der Waals surface area contributed by atoms with E-state index >= 15 is 0 Å². The van der Waals surface area contributed by atoms with Gasteiger partial charge in [-0.05, 0) is 61.2 Å². The lowest BCUT2D eigenvalue weighted by atomic mass is 9.99. The lowest BCUT2D eigenvalue weighted by Crippen LogP contribution is -2.58. The second kappa shape index (κ2) is 10.7. The van der Waals surface area contributed by atoms with Gasteiger partial charge in [0.2, 0.25) is 0 Å². The molecule has 1 fully saturated rings. The van der Waals surface area contributed by atoms with Crippen LogP contribution in [0, 0.1) is 6.92 Å². The van der Waals surface area contributed by atoms with Gasteiger partial charge in [-0.1, -0.05) is 18.2 Å². The summed E-state index contributed by atoms with van der Waals surface area (Å²) in [4.78, 5) is 12.2. The first-order chi connectivity index (χ1) is 15.7. The van der Waals surface area contributed by atoms with Crippen molar-refractivity contribution in [3.63, 3.8) is 0 Å². The first-order valence-corrected chi connectivity index (χ1v) is 10.5. The summed E-state index contributed by atoms with van der Waals surface area (Å²) in [5.74, 6) is -1.21. The van der Waals surface area contributed by atoms with E-state index in [1.54, 1.807) is 26.0 Å². The predicted molar refractivity (Wildman–Crippen MR) is 118 cm³/mol. The highest BCUT2D eigenvalue weighted by Crippen LogP contribution is 2.27. The smallest absolute Gasteiger partial charge is 0.331 e. The molecule has 2 aromatic rings. The highest BCUT2D eigenvalue weighted by Gasteiger charge is 2.45. The highest BCUT2D eigenvalue weighted by molar-refractivity contribution is 5.87. The van der Waals surface area contributed by atoms with Gasteiger partial charge in [0.05, 0.1) is 12.7 Å². The zero-order valence-corrected chi connectivity index (χ0v) is 18.3. The zero-order chi connectivity index (χ0) is 24.1. The number of hydrogen-bond donors (Lipinski definition) is 5. The van der Waals surface area contributed by atoms with Crippen LogP contribution in [0.3, 0.4) is 0 Å². The third-order valence-corrected chi connectivity index (χ3v) is 5.39. The number of aromatic hydroxyl groups is 3. The van der Waals surface area contributed by atoms with Gasteiger partial charge in [0, 0.05) is 6.08 Å². The molecule has 5 atom stereocenters. The Morgan fingerprint density at radius 3 is 2.48 bits per heavy atom. The third-order valence-electron chi connectivity index (χ3n) is 5.39. The van der Waals surface area contributed by atoms with Crippen molar-refractivity contribution in [2.75, 3.05) is 6.61 Å². The number of esters is 1. The standard InChI is InChI=1S/C24H28O9/c1-13-3-4-16(11-18(13)26)9-10-31-24-22(30)21(29)23(14(2)32-24)33-20(28)8-6-15-5-7-17(25)19(27)12-15/h3-8,11-12,14,21-27,29-30H,9-10H2,1-2H3/b8-6+. The molecule has 9 heteroatoms. The van der Waals surface area contributed by atoms with Crippen LogP contribution in [0.2, 0.25) is 0 Å². The van der Waals surface area contributed by atoms with E-state index in [2.05, 4.69) is 0 Å². The minimum absolute atomic E-state index is 0.177.